The van der Waals surface area contributed by atoms with Crippen molar-refractivity contribution in [3.63, 3.8) is 0 Å². The lowest BCUT2D eigenvalue weighted by Gasteiger charge is -2.29. The van der Waals surface area contributed by atoms with Crippen molar-refractivity contribution in [2.45, 2.75) is 58.1 Å². The molecule has 0 radical (unpaired) electrons. The summed E-state index contributed by atoms with van der Waals surface area (Å²) in [5.74, 6) is 1.21. The zero-order valence-corrected chi connectivity index (χ0v) is 22.4. The van der Waals surface area contributed by atoms with Gasteiger partial charge in [-0.2, -0.15) is 5.10 Å². The first-order valence-corrected chi connectivity index (χ1v) is 13.6. The average Bonchev–Trinajstić information content (AvgIpc) is 3.47. The molecule has 3 aromatic rings. The van der Waals surface area contributed by atoms with E-state index in [0.717, 1.165) is 41.9 Å². The van der Waals surface area contributed by atoms with Crippen LogP contribution in [0.5, 0.6) is 11.5 Å². The number of ether oxygens (including phenoxy) is 2. The Morgan fingerprint density at radius 3 is 2.59 bits per heavy atom. The third kappa shape index (κ3) is 6.28. The summed E-state index contributed by atoms with van der Waals surface area (Å²) < 4.78 is 11.9. The van der Waals surface area contributed by atoms with Crippen LogP contribution in [0.1, 0.15) is 66.9 Å². The molecule has 1 aliphatic carbocycles. The number of amides is 2. The Morgan fingerprint density at radius 2 is 1.85 bits per heavy atom. The van der Waals surface area contributed by atoms with Gasteiger partial charge in [-0.15, -0.1) is 0 Å². The van der Waals surface area contributed by atoms with Gasteiger partial charge in [0.1, 0.15) is 0 Å². The highest BCUT2D eigenvalue weighted by Crippen LogP contribution is 2.35. The molecule has 0 spiro atoms. The van der Waals surface area contributed by atoms with E-state index in [0.29, 0.717) is 30.0 Å². The van der Waals surface area contributed by atoms with Crippen molar-refractivity contribution in [3.05, 3.63) is 83.7 Å². The molecule has 1 aliphatic heterocycles. The summed E-state index contributed by atoms with van der Waals surface area (Å²) in [6, 6.07) is 16.7. The Hall–Kier alpha value is -4.20. The minimum absolute atomic E-state index is 0.0206. The topological polar surface area (TPSA) is 93.1 Å². The van der Waals surface area contributed by atoms with Crippen molar-refractivity contribution >= 4 is 23.2 Å². The lowest BCUT2D eigenvalue weighted by atomic mass is 9.89. The van der Waals surface area contributed by atoms with Gasteiger partial charge in [0.15, 0.2) is 11.5 Å². The van der Waals surface area contributed by atoms with Gasteiger partial charge in [0.2, 0.25) is 5.91 Å². The van der Waals surface area contributed by atoms with Crippen molar-refractivity contribution in [3.8, 4) is 11.5 Å². The van der Waals surface area contributed by atoms with Gasteiger partial charge in [0.25, 0.3) is 5.91 Å². The third-order valence-electron chi connectivity index (χ3n) is 7.33. The fraction of sp³-hybridized carbons (Fsp3) is 0.355. The van der Waals surface area contributed by atoms with Gasteiger partial charge in [-0.1, -0.05) is 19.1 Å². The van der Waals surface area contributed by atoms with Crippen LogP contribution in [-0.4, -0.2) is 40.7 Å². The normalized spacial score (nSPS) is 17.6. The smallest absolute Gasteiger partial charge is 0.255 e. The van der Waals surface area contributed by atoms with Crippen LogP contribution < -0.4 is 14.8 Å². The van der Waals surface area contributed by atoms with Crippen molar-refractivity contribution < 1.29 is 19.1 Å². The molecule has 1 N–H and O–H groups in total. The number of rotatable bonds is 9. The van der Waals surface area contributed by atoms with Gasteiger partial charge in [-0.3, -0.25) is 14.6 Å². The van der Waals surface area contributed by atoms with Gasteiger partial charge < -0.3 is 14.8 Å². The molecule has 0 bridgehead atoms. The van der Waals surface area contributed by atoms with Crippen LogP contribution in [0.2, 0.25) is 0 Å². The molecule has 1 aromatic heterocycles. The predicted octanol–water partition coefficient (Wildman–Crippen LogP) is 5.83. The summed E-state index contributed by atoms with van der Waals surface area (Å²) in [4.78, 5) is 29.6. The number of nitrogens with one attached hydrogen (secondary N) is 1. The lowest BCUT2D eigenvalue weighted by Crippen LogP contribution is -2.36. The van der Waals surface area contributed by atoms with Gasteiger partial charge in [0.05, 0.1) is 25.5 Å². The second-order valence-corrected chi connectivity index (χ2v) is 10.0. The van der Waals surface area contributed by atoms with Crippen LogP contribution >= 0.6 is 0 Å². The summed E-state index contributed by atoms with van der Waals surface area (Å²) in [7, 11) is 1.65. The Labute approximate surface area is 229 Å². The van der Waals surface area contributed by atoms with E-state index in [4.69, 9.17) is 14.6 Å². The Bertz CT molecular complexity index is 1350. The number of anilines is 1. The molecular weight excluding hydrogens is 492 g/mol. The van der Waals surface area contributed by atoms with Crippen LogP contribution in [0.15, 0.2) is 72.1 Å². The monoisotopic (exact) mass is 526 g/mol. The molecule has 8 heteroatoms. The predicted molar refractivity (Wildman–Crippen MR) is 150 cm³/mol. The van der Waals surface area contributed by atoms with Crippen molar-refractivity contribution in [2.75, 3.05) is 12.4 Å². The molecule has 202 valence electrons. The first kappa shape index (κ1) is 26.4. The number of hydrazone groups is 1. The number of benzene rings is 2. The number of aromatic nitrogens is 1. The van der Waals surface area contributed by atoms with Gasteiger partial charge in [0, 0.05) is 41.5 Å². The molecule has 1 saturated carbocycles. The van der Waals surface area contributed by atoms with E-state index < -0.39 is 0 Å². The molecule has 2 amide bonds. The number of nitrogens with zero attached hydrogens (tertiary/aromatic N) is 3. The highest BCUT2D eigenvalue weighted by molar-refractivity contribution is 6.06. The molecule has 8 nitrogen and oxygen atoms in total. The van der Waals surface area contributed by atoms with Crippen molar-refractivity contribution in [1.29, 1.82) is 0 Å². The van der Waals surface area contributed by atoms with E-state index in [-0.39, 0.29) is 23.8 Å². The van der Waals surface area contributed by atoms with E-state index in [2.05, 4.69) is 17.2 Å². The van der Waals surface area contributed by atoms with Crippen molar-refractivity contribution in [2.24, 2.45) is 11.0 Å². The maximum Gasteiger partial charge on any atom is 0.255 e. The molecule has 1 unspecified atom stereocenters. The number of methoxy groups -OCH3 is 1. The number of carbonyl (C=O) groups excluding carboxylic acids is 2. The minimum Gasteiger partial charge on any atom is -0.493 e. The van der Waals surface area contributed by atoms with E-state index in [1.807, 2.05) is 42.5 Å². The first-order valence-electron chi connectivity index (χ1n) is 13.6. The number of hydrogen-bond donors (Lipinski definition) is 1. The van der Waals surface area contributed by atoms with Crippen LogP contribution in [0.3, 0.4) is 0 Å². The summed E-state index contributed by atoms with van der Waals surface area (Å²) >= 11 is 0. The standard InChI is InChI=1S/C31H34N4O4/c1-3-22-19-29(36)35(20-21-7-6-8-25(17-21)33-31(37)23-13-15-32-16-14-23)34-30(22)24-11-12-27(38-2)28(18-24)39-26-9-4-5-10-26/h6-8,11-18,22,26H,3-5,9-10,19-20H2,1-2H3,(H,33,37). The van der Waals surface area contributed by atoms with Gasteiger partial charge in [-0.25, -0.2) is 5.01 Å². The number of carbonyl (C=O) groups is 2. The Morgan fingerprint density at radius 1 is 1.05 bits per heavy atom. The maximum absolute atomic E-state index is 13.1. The van der Waals surface area contributed by atoms with Gasteiger partial charge in [-0.05, 0) is 80.1 Å². The van der Waals surface area contributed by atoms with Crippen molar-refractivity contribution in [1.82, 2.24) is 9.99 Å². The molecule has 2 aliphatic rings. The molecule has 0 saturated heterocycles. The number of pyridine rings is 1. The average molecular weight is 527 g/mol. The van der Waals surface area contributed by atoms with Crippen LogP contribution in [-0.2, 0) is 11.3 Å². The summed E-state index contributed by atoms with van der Waals surface area (Å²) in [5.41, 5.74) is 3.86. The quantitative estimate of drug-likeness (QED) is 0.379. The Kier molecular flexibility index (Phi) is 8.20. The summed E-state index contributed by atoms with van der Waals surface area (Å²) in [6.07, 6.45) is 9.03. The highest BCUT2D eigenvalue weighted by Gasteiger charge is 2.30. The fourth-order valence-corrected chi connectivity index (χ4v) is 5.18. The second kappa shape index (κ2) is 12.1. The van der Waals surface area contributed by atoms with Gasteiger partial charge >= 0.3 is 0 Å². The molecule has 2 heterocycles. The molecule has 1 atom stereocenters. The first-order chi connectivity index (χ1) is 19.0. The molecule has 1 fully saturated rings. The largest absolute Gasteiger partial charge is 0.493 e. The molecule has 5 rings (SSSR count). The number of hydrogen-bond acceptors (Lipinski definition) is 6. The third-order valence-corrected chi connectivity index (χ3v) is 7.33. The SMILES string of the molecule is CCC1CC(=O)N(Cc2cccc(NC(=O)c3ccncc3)c2)N=C1c1ccc(OC)c(OC2CCCC2)c1. The highest BCUT2D eigenvalue weighted by atomic mass is 16.5. The fourth-order valence-electron chi connectivity index (χ4n) is 5.18. The lowest BCUT2D eigenvalue weighted by molar-refractivity contribution is -0.133. The second-order valence-electron chi connectivity index (χ2n) is 10.0. The maximum atomic E-state index is 13.1. The van der Waals surface area contributed by atoms with E-state index in [1.165, 1.54) is 17.9 Å². The zero-order chi connectivity index (χ0) is 27.2. The summed E-state index contributed by atoms with van der Waals surface area (Å²) in [5, 5.41) is 9.30. The molecule has 2 aromatic carbocycles. The minimum atomic E-state index is -0.218. The van der Waals surface area contributed by atoms with E-state index in [9.17, 15) is 9.59 Å². The van der Waals surface area contributed by atoms with Crippen LogP contribution in [0, 0.1) is 5.92 Å². The molecule has 39 heavy (non-hydrogen) atoms. The Balaban J connectivity index is 1.37. The summed E-state index contributed by atoms with van der Waals surface area (Å²) in [6.45, 7) is 2.39. The van der Waals surface area contributed by atoms with E-state index >= 15 is 0 Å². The van der Waals surface area contributed by atoms with E-state index in [1.54, 1.807) is 31.6 Å². The zero-order valence-electron chi connectivity index (χ0n) is 22.4. The molecular formula is C31H34N4O4. The van der Waals surface area contributed by atoms with Crippen LogP contribution in [0.4, 0.5) is 5.69 Å². The van der Waals surface area contributed by atoms with Crippen LogP contribution in [0.25, 0.3) is 0 Å².